The molecule has 1 aliphatic heterocycles. The van der Waals surface area contributed by atoms with Crippen LogP contribution in [0.1, 0.15) is 42.5 Å². The van der Waals surface area contributed by atoms with Crippen LogP contribution in [0, 0.1) is 5.82 Å². The van der Waals surface area contributed by atoms with Gasteiger partial charge in [0.15, 0.2) is 5.82 Å². The maximum absolute atomic E-state index is 14.5. The standard InChI is InChI=1S/C19H20ClFN8O/c20-10-3-4-12(13(21)5-10)15-6-11(30)8-29(15)19-25-17(22)24-18(26-19)23-16-7-14(27-28-16)9-1-2-9/h3-5,7,9,11,15,30H,1-2,6,8H2,(H4,22,23,24,25,26,27,28). The van der Waals surface area contributed by atoms with Gasteiger partial charge < -0.3 is 21.1 Å². The number of hydrogen-bond acceptors (Lipinski definition) is 8. The van der Waals surface area contributed by atoms with Gasteiger partial charge in [-0.1, -0.05) is 17.7 Å². The van der Waals surface area contributed by atoms with Crippen LogP contribution in [-0.2, 0) is 0 Å². The number of aromatic nitrogens is 5. The zero-order chi connectivity index (χ0) is 20.8. The van der Waals surface area contributed by atoms with E-state index in [2.05, 4.69) is 30.5 Å². The van der Waals surface area contributed by atoms with Crippen LogP contribution < -0.4 is 16.0 Å². The summed E-state index contributed by atoms with van der Waals surface area (Å²) in [4.78, 5) is 14.5. The minimum Gasteiger partial charge on any atom is -0.391 e. The number of nitrogens with zero attached hydrogens (tertiary/aromatic N) is 5. The van der Waals surface area contributed by atoms with E-state index in [1.165, 1.54) is 6.07 Å². The summed E-state index contributed by atoms with van der Waals surface area (Å²) in [5, 5.41) is 20.8. The summed E-state index contributed by atoms with van der Waals surface area (Å²) in [6.07, 6.45) is 1.98. The average Bonchev–Trinajstić information content (AvgIpc) is 3.32. The SMILES string of the molecule is Nc1nc(Nc2cc(C3CC3)[nH]n2)nc(N2CC(O)CC2c2ccc(Cl)cc2F)n1. The molecule has 5 N–H and O–H groups in total. The molecule has 1 saturated carbocycles. The third-order valence-electron chi connectivity index (χ3n) is 5.35. The van der Waals surface area contributed by atoms with Gasteiger partial charge in [0.1, 0.15) is 5.82 Å². The highest BCUT2D eigenvalue weighted by atomic mass is 35.5. The van der Waals surface area contributed by atoms with Crippen molar-refractivity contribution in [1.82, 2.24) is 25.1 Å². The molecule has 30 heavy (non-hydrogen) atoms. The van der Waals surface area contributed by atoms with Crippen molar-refractivity contribution in [3.8, 4) is 0 Å². The predicted octanol–water partition coefficient (Wildman–Crippen LogP) is 2.90. The Morgan fingerprint density at radius 2 is 2.07 bits per heavy atom. The Labute approximate surface area is 176 Å². The van der Waals surface area contributed by atoms with E-state index in [-0.39, 0.29) is 24.4 Å². The van der Waals surface area contributed by atoms with Gasteiger partial charge in [-0.05, 0) is 31.4 Å². The number of rotatable bonds is 5. The molecule has 3 heterocycles. The lowest BCUT2D eigenvalue weighted by atomic mass is 10.0. The van der Waals surface area contributed by atoms with Gasteiger partial charge in [0.05, 0.1) is 12.1 Å². The molecule has 1 aromatic carbocycles. The van der Waals surface area contributed by atoms with Crippen LogP contribution in [0.3, 0.4) is 0 Å². The molecule has 156 valence electrons. The van der Waals surface area contributed by atoms with E-state index in [0.717, 1.165) is 18.5 Å². The molecule has 1 aliphatic carbocycles. The van der Waals surface area contributed by atoms with E-state index in [4.69, 9.17) is 17.3 Å². The summed E-state index contributed by atoms with van der Waals surface area (Å²) in [6.45, 7) is 0.240. The van der Waals surface area contributed by atoms with Crippen molar-refractivity contribution < 1.29 is 9.50 Å². The van der Waals surface area contributed by atoms with Gasteiger partial charge in [0.2, 0.25) is 17.8 Å². The van der Waals surface area contributed by atoms with Gasteiger partial charge in [-0.25, -0.2) is 4.39 Å². The lowest BCUT2D eigenvalue weighted by Gasteiger charge is -2.25. The number of benzene rings is 1. The first kappa shape index (κ1) is 19.0. The number of aliphatic hydroxyl groups is 1. The summed E-state index contributed by atoms with van der Waals surface area (Å²) >= 11 is 5.88. The number of halogens is 2. The Balaban J connectivity index is 1.44. The molecular formula is C19H20ClFN8O. The topological polar surface area (TPSA) is 129 Å². The number of aliphatic hydroxyl groups excluding tert-OH is 1. The van der Waals surface area contributed by atoms with Crippen LogP contribution in [0.5, 0.6) is 0 Å². The van der Waals surface area contributed by atoms with E-state index in [9.17, 15) is 9.50 Å². The Morgan fingerprint density at radius 3 is 2.83 bits per heavy atom. The first-order chi connectivity index (χ1) is 14.5. The predicted molar refractivity (Wildman–Crippen MR) is 110 cm³/mol. The Bertz CT molecular complexity index is 1090. The number of hydrogen-bond donors (Lipinski definition) is 4. The minimum absolute atomic E-state index is 0.0113. The molecule has 3 aromatic rings. The first-order valence-electron chi connectivity index (χ1n) is 9.70. The summed E-state index contributed by atoms with van der Waals surface area (Å²) < 4.78 is 14.5. The van der Waals surface area contributed by atoms with E-state index >= 15 is 0 Å². The van der Waals surface area contributed by atoms with Gasteiger partial charge in [0.25, 0.3) is 0 Å². The average molecular weight is 431 g/mol. The van der Waals surface area contributed by atoms with Crippen LogP contribution in [-0.4, -0.2) is 42.9 Å². The number of nitrogens with one attached hydrogen (secondary N) is 2. The van der Waals surface area contributed by atoms with Gasteiger partial charge in [0, 0.05) is 34.8 Å². The number of nitrogens with two attached hydrogens (primary N) is 1. The molecule has 1 saturated heterocycles. The highest BCUT2D eigenvalue weighted by Gasteiger charge is 2.36. The summed E-state index contributed by atoms with van der Waals surface area (Å²) in [5.41, 5.74) is 7.38. The molecule has 0 bridgehead atoms. The van der Waals surface area contributed by atoms with Crippen molar-refractivity contribution in [3.05, 3.63) is 46.4 Å². The fourth-order valence-electron chi connectivity index (χ4n) is 3.79. The van der Waals surface area contributed by atoms with Crippen LogP contribution in [0.4, 0.5) is 28.1 Å². The highest BCUT2D eigenvalue weighted by Crippen LogP contribution is 2.40. The molecule has 0 radical (unpaired) electrons. The van der Waals surface area contributed by atoms with Crippen molar-refractivity contribution in [2.75, 3.05) is 22.5 Å². The zero-order valence-electron chi connectivity index (χ0n) is 15.9. The Kier molecular flexibility index (Phi) is 4.67. The molecule has 5 rings (SSSR count). The number of β-amino-alcohol motifs (C(OH)–C–C–N with tert-alkyl or cyclic N) is 1. The Hall–Kier alpha value is -2.98. The van der Waals surface area contributed by atoms with E-state index < -0.39 is 18.0 Å². The molecule has 2 atom stereocenters. The summed E-state index contributed by atoms with van der Waals surface area (Å²) in [5.74, 6) is 1.15. The fourth-order valence-corrected chi connectivity index (χ4v) is 3.94. The minimum atomic E-state index is -0.660. The van der Waals surface area contributed by atoms with Crippen molar-refractivity contribution >= 4 is 35.3 Å². The third kappa shape index (κ3) is 3.75. The molecular weight excluding hydrogens is 411 g/mol. The number of H-pyrrole nitrogens is 1. The van der Waals surface area contributed by atoms with Gasteiger partial charge in [-0.15, -0.1) is 0 Å². The van der Waals surface area contributed by atoms with Crippen LogP contribution in [0.15, 0.2) is 24.3 Å². The maximum Gasteiger partial charge on any atom is 0.235 e. The number of anilines is 4. The molecule has 9 nitrogen and oxygen atoms in total. The van der Waals surface area contributed by atoms with Crippen LogP contribution in [0.25, 0.3) is 0 Å². The van der Waals surface area contributed by atoms with Crippen molar-refractivity contribution in [2.45, 2.75) is 37.3 Å². The normalized spacial score (nSPS) is 21.2. The van der Waals surface area contributed by atoms with Crippen molar-refractivity contribution in [3.63, 3.8) is 0 Å². The second kappa shape index (κ2) is 7.37. The molecule has 2 fully saturated rings. The second-order valence-corrected chi connectivity index (χ2v) is 8.08. The number of aromatic amines is 1. The van der Waals surface area contributed by atoms with E-state index in [1.54, 1.807) is 17.0 Å². The maximum atomic E-state index is 14.5. The lowest BCUT2D eigenvalue weighted by molar-refractivity contribution is 0.194. The zero-order valence-corrected chi connectivity index (χ0v) is 16.6. The monoisotopic (exact) mass is 430 g/mol. The third-order valence-corrected chi connectivity index (χ3v) is 5.59. The summed E-state index contributed by atoms with van der Waals surface area (Å²) in [7, 11) is 0. The largest absolute Gasteiger partial charge is 0.391 e. The van der Waals surface area contributed by atoms with E-state index in [0.29, 0.717) is 28.7 Å². The van der Waals surface area contributed by atoms with Crippen molar-refractivity contribution in [2.24, 2.45) is 0 Å². The van der Waals surface area contributed by atoms with Crippen molar-refractivity contribution in [1.29, 1.82) is 0 Å². The molecule has 0 amide bonds. The highest BCUT2D eigenvalue weighted by molar-refractivity contribution is 6.30. The first-order valence-corrected chi connectivity index (χ1v) is 10.1. The molecule has 0 spiro atoms. The van der Waals surface area contributed by atoms with Gasteiger partial charge >= 0.3 is 0 Å². The lowest BCUT2D eigenvalue weighted by Crippen LogP contribution is -2.27. The van der Waals surface area contributed by atoms with Crippen LogP contribution in [0.2, 0.25) is 5.02 Å². The van der Waals surface area contributed by atoms with Gasteiger partial charge in [-0.2, -0.15) is 20.1 Å². The van der Waals surface area contributed by atoms with Gasteiger partial charge in [-0.3, -0.25) is 5.10 Å². The Morgan fingerprint density at radius 1 is 1.23 bits per heavy atom. The molecule has 11 heteroatoms. The van der Waals surface area contributed by atoms with Crippen LogP contribution >= 0.6 is 11.6 Å². The second-order valence-electron chi connectivity index (χ2n) is 7.65. The molecule has 2 aromatic heterocycles. The molecule has 2 aliphatic rings. The fraction of sp³-hybridized carbons (Fsp3) is 0.368. The molecule has 2 unspecified atom stereocenters. The smallest absolute Gasteiger partial charge is 0.235 e. The summed E-state index contributed by atoms with van der Waals surface area (Å²) in [6, 6.07) is 5.94. The number of nitrogen functional groups attached to an aromatic ring is 1. The van der Waals surface area contributed by atoms with E-state index in [1.807, 2.05) is 6.07 Å². The quantitative estimate of drug-likeness (QED) is 0.486.